The summed E-state index contributed by atoms with van der Waals surface area (Å²) in [6.07, 6.45) is 8.70. The van der Waals surface area contributed by atoms with Crippen LogP contribution in [0, 0.1) is 5.92 Å². The van der Waals surface area contributed by atoms with Crippen molar-refractivity contribution in [2.75, 3.05) is 45.9 Å². The molecule has 0 unspecified atom stereocenters. The summed E-state index contributed by atoms with van der Waals surface area (Å²) in [5.74, 6) is 1.10. The highest BCUT2D eigenvalue weighted by atomic mass is 16.5. The Bertz CT molecular complexity index is 661. The molecule has 28 heavy (non-hydrogen) atoms. The van der Waals surface area contributed by atoms with Gasteiger partial charge in [0.15, 0.2) is 0 Å². The molecule has 2 aliphatic heterocycles. The van der Waals surface area contributed by atoms with Gasteiger partial charge in [-0.15, -0.1) is 0 Å². The number of aromatic nitrogens is 2. The van der Waals surface area contributed by atoms with E-state index in [0.29, 0.717) is 38.5 Å². The molecule has 0 radical (unpaired) electrons. The number of rotatable bonds is 9. The van der Waals surface area contributed by atoms with Gasteiger partial charge in [-0.05, 0) is 31.6 Å². The molecule has 154 valence electrons. The monoisotopic (exact) mass is 389 g/mol. The van der Waals surface area contributed by atoms with Gasteiger partial charge in [0.1, 0.15) is 0 Å². The van der Waals surface area contributed by atoms with Gasteiger partial charge in [0.2, 0.25) is 11.8 Å². The Morgan fingerprint density at radius 1 is 1.14 bits per heavy atom. The Balaban J connectivity index is 1.33. The Labute approximate surface area is 166 Å². The molecule has 0 aromatic carbocycles. The Morgan fingerprint density at radius 2 is 2.00 bits per heavy atom. The van der Waals surface area contributed by atoms with Gasteiger partial charge >= 0.3 is 0 Å². The number of ether oxygens (including phenoxy) is 1. The summed E-state index contributed by atoms with van der Waals surface area (Å²) in [5, 5.41) is 6.84. The van der Waals surface area contributed by atoms with E-state index in [0.717, 1.165) is 44.6 Å². The highest BCUT2D eigenvalue weighted by Crippen LogP contribution is 2.29. The van der Waals surface area contributed by atoms with Crippen molar-refractivity contribution in [2.24, 2.45) is 5.92 Å². The zero-order valence-electron chi connectivity index (χ0n) is 16.5. The predicted octanol–water partition coefficient (Wildman–Crippen LogP) is 0.862. The lowest BCUT2D eigenvalue weighted by Crippen LogP contribution is -2.40. The second-order valence-corrected chi connectivity index (χ2v) is 8.35. The molecule has 1 aromatic heterocycles. The van der Waals surface area contributed by atoms with Crippen LogP contribution in [0.25, 0.3) is 0 Å². The molecule has 1 N–H and O–H groups in total. The fourth-order valence-electron chi connectivity index (χ4n) is 4.06. The molecule has 8 heteroatoms. The third kappa shape index (κ3) is 5.32. The van der Waals surface area contributed by atoms with Crippen LogP contribution in [0.3, 0.4) is 0 Å². The maximum atomic E-state index is 12.9. The average molecular weight is 390 g/mol. The standard InChI is InChI=1S/C20H31N5O3/c26-19-3-1-6-24(19)7-2-8-25-13-18(28-15-16-4-5-16)12-23(14-20(25)27)11-17-9-21-22-10-17/h9-10,16,18H,1-8,11-15H2,(H,21,22)/t18-/m1/s1. The molecule has 2 amide bonds. The van der Waals surface area contributed by atoms with Crippen LogP contribution in [0.2, 0.25) is 0 Å². The van der Waals surface area contributed by atoms with Gasteiger partial charge in [0.25, 0.3) is 0 Å². The number of aromatic amines is 1. The first kappa shape index (κ1) is 19.4. The Morgan fingerprint density at radius 3 is 2.71 bits per heavy atom. The minimum absolute atomic E-state index is 0.0346. The van der Waals surface area contributed by atoms with Crippen molar-refractivity contribution < 1.29 is 14.3 Å². The van der Waals surface area contributed by atoms with Crippen LogP contribution in [0.15, 0.2) is 12.4 Å². The van der Waals surface area contributed by atoms with Crippen molar-refractivity contribution >= 4 is 11.8 Å². The quantitative estimate of drug-likeness (QED) is 0.678. The van der Waals surface area contributed by atoms with E-state index in [-0.39, 0.29) is 17.9 Å². The van der Waals surface area contributed by atoms with Gasteiger partial charge in [-0.2, -0.15) is 5.10 Å². The molecular formula is C20H31N5O3. The number of nitrogens with zero attached hydrogens (tertiary/aromatic N) is 4. The van der Waals surface area contributed by atoms with E-state index in [2.05, 4.69) is 15.1 Å². The fraction of sp³-hybridized carbons (Fsp3) is 0.750. The number of H-pyrrole nitrogens is 1. The molecule has 8 nitrogen and oxygen atoms in total. The van der Waals surface area contributed by atoms with Crippen LogP contribution in [-0.4, -0.2) is 88.7 Å². The van der Waals surface area contributed by atoms with Crippen molar-refractivity contribution in [1.82, 2.24) is 24.9 Å². The van der Waals surface area contributed by atoms with Gasteiger partial charge in [-0.1, -0.05) is 0 Å². The lowest BCUT2D eigenvalue weighted by Gasteiger charge is -2.25. The summed E-state index contributed by atoms with van der Waals surface area (Å²) in [6, 6.07) is 0. The van der Waals surface area contributed by atoms with Crippen LogP contribution in [-0.2, 0) is 20.9 Å². The number of carbonyl (C=O) groups excluding carboxylic acids is 2. The largest absolute Gasteiger partial charge is 0.375 e. The zero-order valence-corrected chi connectivity index (χ0v) is 16.5. The number of carbonyl (C=O) groups is 2. The zero-order chi connectivity index (χ0) is 19.3. The van der Waals surface area contributed by atoms with Crippen LogP contribution < -0.4 is 0 Å². The van der Waals surface area contributed by atoms with E-state index in [4.69, 9.17) is 4.74 Å². The lowest BCUT2D eigenvalue weighted by molar-refractivity contribution is -0.132. The molecule has 2 saturated heterocycles. The highest BCUT2D eigenvalue weighted by Gasteiger charge is 2.30. The first-order chi connectivity index (χ1) is 13.7. The smallest absolute Gasteiger partial charge is 0.236 e. The van der Waals surface area contributed by atoms with E-state index < -0.39 is 0 Å². The predicted molar refractivity (Wildman–Crippen MR) is 103 cm³/mol. The summed E-state index contributed by atoms with van der Waals surface area (Å²) in [7, 11) is 0. The minimum atomic E-state index is 0.0346. The maximum absolute atomic E-state index is 12.9. The van der Waals surface area contributed by atoms with E-state index in [1.807, 2.05) is 16.0 Å². The normalized spacial score (nSPS) is 24.2. The van der Waals surface area contributed by atoms with Crippen molar-refractivity contribution in [3.8, 4) is 0 Å². The molecule has 3 fully saturated rings. The van der Waals surface area contributed by atoms with Gasteiger partial charge in [-0.3, -0.25) is 19.6 Å². The third-order valence-electron chi connectivity index (χ3n) is 5.85. The second kappa shape index (κ2) is 9.05. The van der Waals surface area contributed by atoms with Crippen molar-refractivity contribution in [2.45, 2.75) is 44.8 Å². The first-order valence-electron chi connectivity index (χ1n) is 10.5. The third-order valence-corrected chi connectivity index (χ3v) is 5.85. The van der Waals surface area contributed by atoms with Crippen LogP contribution in [0.5, 0.6) is 0 Å². The molecule has 0 bridgehead atoms. The fourth-order valence-corrected chi connectivity index (χ4v) is 4.06. The van der Waals surface area contributed by atoms with Gasteiger partial charge in [0.05, 0.1) is 18.8 Å². The van der Waals surface area contributed by atoms with E-state index >= 15 is 0 Å². The van der Waals surface area contributed by atoms with Crippen LogP contribution >= 0.6 is 0 Å². The second-order valence-electron chi connectivity index (χ2n) is 8.35. The van der Waals surface area contributed by atoms with Crippen molar-refractivity contribution in [3.05, 3.63) is 18.0 Å². The highest BCUT2D eigenvalue weighted by molar-refractivity contribution is 5.79. The lowest BCUT2D eigenvalue weighted by atomic mass is 10.2. The molecular weight excluding hydrogens is 358 g/mol. The minimum Gasteiger partial charge on any atom is -0.375 e. The summed E-state index contributed by atoms with van der Waals surface area (Å²) >= 11 is 0. The number of likely N-dealkylation sites (tertiary alicyclic amines) is 1. The van der Waals surface area contributed by atoms with Gasteiger partial charge in [0, 0.05) is 64.1 Å². The SMILES string of the molecule is O=C1CCCN1CCCN1C[C@H](OCC2CC2)CN(Cc2cn[nH]c2)CC1=O. The van der Waals surface area contributed by atoms with Crippen LogP contribution in [0.4, 0.5) is 0 Å². The molecule has 1 saturated carbocycles. The number of hydrogen-bond donors (Lipinski definition) is 1. The first-order valence-corrected chi connectivity index (χ1v) is 10.5. The summed E-state index contributed by atoms with van der Waals surface area (Å²) in [5.41, 5.74) is 1.08. The molecule has 4 rings (SSSR count). The topological polar surface area (TPSA) is 81.8 Å². The molecule has 1 atom stereocenters. The van der Waals surface area contributed by atoms with E-state index in [1.54, 1.807) is 6.20 Å². The summed E-state index contributed by atoms with van der Waals surface area (Å²) in [6.45, 7) is 5.58. The van der Waals surface area contributed by atoms with Crippen LogP contribution in [0.1, 0.15) is 37.7 Å². The molecule has 3 heterocycles. The Kier molecular flexibility index (Phi) is 6.26. The van der Waals surface area contributed by atoms with E-state index in [1.165, 1.54) is 12.8 Å². The molecule has 1 aromatic rings. The van der Waals surface area contributed by atoms with Crippen molar-refractivity contribution in [3.63, 3.8) is 0 Å². The number of hydrogen-bond acceptors (Lipinski definition) is 5. The molecule has 1 aliphatic carbocycles. The summed E-state index contributed by atoms with van der Waals surface area (Å²) < 4.78 is 6.19. The maximum Gasteiger partial charge on any atom is 0.236 e. The van der Waals surface area contributed by atoms with Crippen molar-refractivity contribution in [1.29, 1.82) is 0 Å². The van der Waals surface area contributed by atoms with E-state index in [9.17, 15) is 9.59 Å². The molecule has 3 aliphatic rings. The summed E-state index contributed by atoms with van der Waals surface area (Å²) in [4.78, 5) is 30.7. The van der Waals surface area contributed by atoms with Gasteiger partial charge in [-0.25, -0.2) is 0 Å². The number of nitrogens with one attached hydrogen (secondary N) is 1. The Hall–Kier alpha value is -1.93. The number of amides is 2. The average Bonchev–Trinajstić information content (AvgIpc) is 3.25. The molecule has 0 spiro atoms. The van der Waals surface area contributed by atoms with Gasteiger partial charge < -0.3 is 14.5 Å².